The van der Waals surface area contributed by atoms with Crippen molar-refractivity contribution in [1.29, 1.82) is 0 Å². The number of amides is 1. The van der Waals surface area contributed by atoms with Gasteiger partial charge in [-0.25, -0.2) is 4.98 Å². The highest BCUT2D eigenvalue weighted by Gasteiger charge is 2.14. The lowest BCUT2D eigenvalue weighted by molar-refractivity contribution is 0.102. The summed E-state index contributed by atoms with van der Waals surface area (Å²) in [4.78, 5) is 17.4. The van der Waals surface area contributed by atoms with E-state index in [1.54, 1.807) is 0 Å². The fourth-order valence-electron chi connectivity index (χ4n) is 3.47. The summed E-state index contributed by atoms with van der Waals surface area (Å²) in [5, 5.41) is 3.03. The molecular weight excluding hydrogens is 360 g/mol. The molecule has 0 saturated heterocycles. The number of aryl methyl sites for hydroxylation is 5. The van der Waals surface area contributed by atoms with Crippen LogP contribution < -0.4 is 5.32 Å². The third kappa shape index (κ3) is 3.66. The van der Waals surface area contributed by atoms with Crippen molar-refractivity contribution < 1.29 is 9.21 Å². The lowest BCUT2D eigenvalue weighted by Crippen LogP contribution is -2.13. The molecule has 0 bridgehead atoms. The fourth-order valence-corrected chi connectivity index (χ4v) is 3.47. The van der Waals surface area contributed by atoms with Crippen molar-refractivity contribution in [2.45, 2.75) is 34.6 Å². The summed E-state index contributed by atoms with van der Waals surface area (Å²) in [7, 11) is 0. The van der Waals surface area contributed by atoms with E-state index in [9.17, 15) is 4.79 Å². The molecular formula is C25H24N2O2. The highest BCUT2D eigenvalue weighted by Crippen LogP contribution is 2.30. The SMILES string of the molecule is Cc1cc(C)c2oc(-c3ccc(C)c(NC(=O)c4ccc(C)c(C)c4)c3)nc2c1. The standard InChI is InChI=1S/C25H24N2O2/c1-14-10-18(5)23-22(11-14)27-25(29-23)20-9-7-16(3)21(13-20)26-24(28)19-8-6-15(2)17(4)12-19/h6-13H,1-5H3,(H,26,28). The molecule has 1 aromatic heterocycles. The van der Waals surface area contributed by atoms with Gasteiger partial charge in [0.05, 0.1) is 0 Å². The average molecular weight is 384 g/mol. The molecule has 1 amide bonds. The Kier molecular flexibility index (Phi) is 4.71. The van der Waals surface area contributed by atoms with Crippen LogP contribution in [0.15, 0.2) is 52.9 Å². The number of hydrogen-bond acceptors (Lipinski definition) is 3. The molecule has 0 aliphatic carbocycles. The van der Waals surface area contributed by atoms with Gasteiger partial charge in [0.1, 0.15) is 5.52 Å². The van der Waals surface area contributed by atoms with Crippen molar-refractivity contribution in [2.75, 3.05) is 5.32 Å². The van der Waals surface area contributed by atoms with Gasteiger partial charge in [-0.2, -0.15) is 0 Å². The fraction of sp³-hybridized carbons (Fsp3) is 0.200. The number of carbonyl (C=O) groups excluding carboxylic acids is 1. The molecule has 29 heavy (non-hydrogen) atoms. The molecule has 1 N–H and O–H groups in total. The number of benzene rings is 3. The Morgan fingerprint density at radius 3 is 2.34 bits per heavy atom. The van der Waals surface area contributed by atoms with Gasteiger partial charge in [-0.3, -0.25) is 4.79 Å². The first-order chi connectivity index (χ1) is 13.8. The van der Waals surface area contributed by atoms with Crippen LogP contribution in [0.3, 0.4) is 0 Å². The van der Waals surface area contributed by atoms with E-state index in [0.29, 0.717) is 11.5 Å². The Labute approximate surface area is 170 Å². The lowest BCUT2D eigenvalue weighted by Gasteiger charge is -2.11. The van der Waals surface area contributed by atoms with Gasteiger partial charge in [-0.1, -0.05) is 18.2 Å². The van der Waals surface area contributed by atoms with E-state index < -0.39 is 0 Å². The molecule has 1 heterocycles. The monoisotopic (exact) mass is 384 g/mol. The Bertz CT molecular complexity index is 1250. The first-order valence-corrected chi connectivity index (χ1v) is 9.69. The molecule has 3 aromatic carbocycles. The van der Waals surface area contributed by atoms with Gasteiger partial charge in [0.2, 0.25) is 5.89 Å². The minimum Gasteiger partial charge on any atom is -0.436 e. The summed E-state index contributed by atoms with van der Waals surface area (Å²) < 4.78 is 6.03. The Balaban J connectivity index is 1.68. The zero-order valence-electron chi connectivity index (χ0n) is 17.4. The number of nitrogens with one attached hydrogen (secondary N) is 1. The molecule has 0 spiro atoms. The molecule has 0 aliphatic heterocycles. The first kappa shape index (κ1) is 18.9. The molecule has 0 atom stereocenters. The Hall–Kier alpha value is -3.40. The van der Waals surface area contributed by atoms with Crippen LogP contribution >= 0.6 is 0 Å². The van der Waals surface area contributed by atoms with Crippen LogP contribution in [0.1, 0.15) is 38.2 Å². The van der Waals surface area contributed by atoms with Crippen molar-refractivity contribution in [3.05, 3.63) is 81.9 Å². The largest absolute Gasteiger partial charge is 0.436 e. The van der Waals surface area contributed by atoms with E-state index >= 15 is 0 Å². The Morgan fingerprint density at radius 1 is 0.828 bits per heavy atom. The topological polar surface area (TPSA) is 55.1 Å². The summed E-state index contributed by atoms with van der Waals surface area (Å²) in [6.45, 7) is 10.1. The van der Waals surface area contributed by atoms with E-state index in [4.69, 9.17) is 4.42 Å². The number of aromatic nitrogens is 1. The molecule has 0 unspecified atom stereocenters. The summed E-state index contributed by atoms with van der Waals surface area (Å²) in [6.07, 6.45) is 0. The van der Waals surface area contributed by atoms with Crippen LogP contribution in [0.2, 0.25) is 0 Å². The number of hydrogen-bond donors (Lipinski definition) is 1. The third-order valence-electron chi connectivity index (χ3n) is 5.32. The van der Waals surface area contributed by atoms with Gasteiger partial charge in [0, 0.05) is 16.8 Å². The van der Waals surface area contributed by atoms with E-state index in [-0.39, 0.29) is 5.91 Å². The molecule has 4 nitrogen and oxygen atoms in total. The third-order valence-corrected chi connectivity index (χ3v) is 5.32. The van der Waals surface area contributed by atoms with Crippen molar-refractivity contribution >= 4 is 22.7 Å². The predicted octanol–water partition coefficient (Wildman–Crippen LogP) is 6.29. The van der Waals surface area contributed by atoms with Crippen LogP contribution in [0.4, 0.5) is 5.69 Å². The van der Waals surface area contributed by atoms with Gasteiger partial charge in [-0.15, -0.1) is 0 Å². The highest BCUT2D eigenvalue weighted by atomic mass is 16.3. The molecule has 0 aliphatic rings. The molecule has 0 radical (unpaired) electrons. The smallest absolute Gasteiger partial charge is 0.255 e. The number of nitrogens with zero attached hydrogens (tertiary/aromatic N) is 1. The van der Waals surface area contributed by atoms with Crippen LogP contribution in [-0.4, -0.2) is 10.9 Å². The van der Waals surface area contributed by atoms with Crippen molar-refractivity contribution in [2.24, 2.45) is 0 Å². The van der Waals surface area contributed by atoms with Crippen molar-refractivity contribution in [3.8, 4) is 11.5 Å². The van der Waals surface area contributed by atoms with Gasteiger partial charge in [0.15, 0.2) is 5.58 Å². The summed E-state index contributed by atoms with van der Waals surface area (Å²) in [5.74, 6) is 0.424. The quantitative estimate of drug-likeness (QED) is 0.452. The first-order valence-electron chi connectivity index (χ1n) is 9.69. The van der Waals surface area contributed by atoms with Crippen LogP contribution in [0, 0.1) is 34.6 Å². The maximum Gasteiger partial charge on any atom is 0.255 e. The second-order valence-electron chi connectivity index (χ2n) is 7.73. The molecule has 4 rings (SSSR count). The van der Waals surface area contributed by atoms with E-state index in [2.05, 4.69) is 16.4 Å². The zero-order chi connectivity index (χ0) is 20.7. The minimum absolute atomic E-state index is 0.127. The normalized spacial score (nSPS) is 11.1. The maximum atomic E-state index is 12.8. The highest BCUT2D eigenvalue weighted by molar-refractivity contribution is 6.05. The lowest BCUT2D eigenvalue weighted by atomic mass is 10.1. The molecule has 0 saturated carbocycles. The van der Waals surface area contributed by atoms with Gasteiger partial charge < -0.3 is 9.73 Å². The van der Waals surface area contributed by atoms with Crippen LogP contribution in [0.5, 0.6) is 0 Å². The summed E-state index contributed by atoms with van der Waals surface area (Å²) in [5.41, 5.74) is 9.33. The zero-order valence-corrected chi connectivity index (χ0v) is 17.4. The van der Waals surface area contributed by atoms with Gasteiger partial charge in [-0.05, 0) is 92.8 Å². The van der Waals surface area contributed by atoms with Gasteiger partial charge in [0.25, 0.3) is 5.91 Å². The number of carbonyl (C=O) groups is 1. The van der Waals surface area contributed by atoms with Crippen LogP contribution in [0.25, 0.3) is 22.6 Å². The molecule has 4 aromatic rings. The van der Waals surface area contributed by atoms with Crippen molar-refractivity contribution in [3.63, 3.8) is 0 Å². The predicted molar refractivity (Wildman–Crippen MR) is 118 cm³/mol. The second-order valence-corrected chi connectivity index (χ2v) is 7.73. The number of fused-ring (bicyclic) bond motifs is 1. The average Bonchev–Trinajstić information content (AvgIpc) is 3.10. The number of anilines is 1. The van der Waals surface area contributed by atoms with Crippen LogP contribution in [-0.2, 0) is 0 Å². The number of rotatable bonds is 3. The molecule has 146 valence electrons. The van der Waals surface area contributed by atoms with E-state index in [0.717, 1.165) is 44.6 Å². The maximum absolute atomic E-state index is 12.8. The van der Waals surface area contributed by atoms with E-state index in [1.165, 1.54) is 5.56 Å². The summed E-state index contributed by atoms with van der Waals surface area (Å²) in [6, 6.07) is 15.7. The van der Waals surface area contributed by atoms with E-state index in [1.807, 2.05) is 77.1 Å². The summed E-state index contributed by atoms with van der Waals surface area (Å²) >= 11 is 0. The van der Waals surface area contributed by atoms with Gasteiger partial charge >= 0.3 is 0 Å². The number of oxazole rings is 1. The second kappa shape index (κ2) is 7.21. The molecule has 4 heteroatoms. The minimum atomic E-state index is -0.127. The van der Waals surface area contributed by atoms with Crippen molar-refractivity contribution in [1.82, 2.24) is 4.98 Å². The Morgan fingerprint density at radius 2 is 1.59 bits per heavy atom. The molecule has 0 fully saturated rings.